The van der Waals surface area contributed by atoms with Crippen molar-refractivity contribution in [2.75, 3.05) is 6.54 Å². The predicted molar refractivity (Wildman–Crippen MR) is 153 cm³/mol. The molecule has 0 bridgehead atoms. The molecule has 5 aromatic rings. The summed E-state index contributed by atoms with van der Waals surface area (Å²) in [5.41, 5.74) is 4.61. The molecular weight excluding hydrogens is 557 g/mol. The van der Waals surface area contributed by atoms with Gasteiger partial charge in [-0.25, -0.2) is 4.98 Å². The molecule has 0 unspecified atom stereocenters. The maximum absolute atomic E-state index is 13.2. The Morgan fingerprint density at radius 3 is 2.63 bits per heavy atom. The van der Waals surface area contributed by atoms with Crippen molar-refractivity contribution in [3.8, 4) is 17.1 Å². The van der Waals surface area contributed by atoms with Gasteiger partial charge in [0.2, 0.25) is 0 Å². The number of thiazole rings is 1. The normalized spacial score (nSPS) is 12.9. The number of carbonyl (C=O) groups excluding carboxylic acids is 1. The molecule has 1 aliphatic rings. The van der Waals surface area contributed by atoms with Crippen LogP contribution in [-0.4, -0.2) is 37.1 Å². The van der Waals surface area contributed by atoms with Crippen LogP contribution in [-0.2, 0) is 18.7 Å². The highest BCUT2D eigenvalue weighted by molar-refractivity contribution is 7.98. The van der Waals surface area contributed by atoms with E-state index in [1.807, 2.05) is 75.5 Å². The molecule has 38 heavy (non-hydrogen) atoms. The van der Waals surface area contributed by atoms with E-state index < -0.39 is 0 Å². The second-order valence-corrected chi connectivity index (χ2v) is 11.5. The molecule has 1 aliphatic heterocycles. The molecule has 6 nitrogen and oxygen atoms in total. The minimum Gasteiger partial charge on any atom is -0.333 e. The summed E-state index contributed by atoms with van der Waals surface area (Å²) in [6.07, 6.45) is 0.863. The lowest BCUT2D eigenvalue weighted by Crippen LogP contribution is -2.36. The molecule has 2 aromatic heterocycles. The topological polar surface area (TPSA) is 63.9 Å². The van der Waals surface area contributed by atoms with E-state index in [-0.39, 0.29) is 5.91 Å². The molecule has 0 atom stereocenters. The monoisotopic (exact) mass is 577 g/mol. The molecule has 190 valence electrons. The van der Waals surface area contributed by atoms with E-state index in [2.05, 4.69) is 27.3 Å². The molecule has 3 heterocycles. The summed E-state index contributed by atoms with van der Waals surface area (Å²) < 4.78 is 1.95. The van der Waals surface area contributed by atoms with Crippen LogP contribution in [0, 0.1) is 0 Å². The summed E-state index contributed by atoms with van der Waals surface area (Å²) in [7, 11) is 0. The maximum atomic E-state index is 13.2. The van der Waals surface area contributed by atoms with Gasteiger partial charge in [0.15, 0.2) is 11.0 Å². The van der Waals surface area contributed by atoms with Gasteiger partial charge in [-0.15, -0.1) is 21.5 Å². The predicted octanol–water partition coefficient (Wildman–Crippen LogP) is 7.19. The zero-order chi connectivity index (χ0) is 26.1. The first-order valence-electron chi connectivity index (χ1n) is 12.0. The van der Waals surface area contributed by atoms with E-state index in [1.165, 1.54) is 34.2 Å². The van der Waals surface area contributed by atoms with Gasteiger partial charge in [-0.3, -0.25) is 9.36 Å². The highest BCUT2D eigenvalue weighted by Gasteiger charge is 2.24. The number of amides is 1. The molecule has 1 amide bonds. The average molecular weight is 579 g/mol. The van der Waals surface area contributed by atoms with E-state index in [0.29, 0.717) is 45.6 Å². The molecular formula is C28H21Cl2N5OS2. The maximum Gasteiger partial charge on any atom is 0.273 e. The Hall–Kier alpha value is -3.17. The van der Waals surface area contributed by atoms with Crippen LogP contribution in [0.25, 0.3) is 17.1 Å². The molecule has 10 heteroatoms. The highest BCUT2D eigenvalue weighted by atomic mass is 35.5. The van der Waals surface area contributed by atoms with Crippen molar-refractivity contribution in [2.24, 2.45) is 0 Å². The Bertz CT molecular complexity index is 1630. The number of aromatic nitrogens is 4. The third kappa shape index (κ3) is 5.09. The molecule has 0 N–H and O–H groups in total. The fourth-order valence-corrected chi connectivity index (χ4v) is 6.60. The van der Waals surface area contributed by atoms with Gasteiger partial charge >= 0.3 is 0 Å². The molecule has 0 saturated carbocycles. The number of hydrogen-bond acceptors (Lipinski definition) is 6. The fraction of sp³-hybridized carbons (Fsp3) is 0.143. The second kappa shape index (κ2) is 10.9. The standard InChI is InChI=1S/C28H21Cl2N5OS2/c29-20-8-5-9-21(14-20)35-26(22-10-3-4-11-23(22)30)32-33-28(35)38-17-25-31-24(16-37-25)27(36)34-13-12-18-6-1-2-7-19(18)15-34/h1-11,14,16H,12-13,15,17H2. The van der Waals surface area contributed by atoms with Crippen LogP contribution >= 0.6 is 46.3 Å². The van der Waals surface area contributed by atoms with Crippen LogP contribution in [0.3, 0.4) is 0 Å². The van der Waals surface area contributed by atoms with Crippen LogP contribution in [0.1, 0.15) is 26.6 Å². The number of thioether (sulfide) groups is 1. The minimum absolute atomic E-state index is 0.0323. The Kier molecular flexibility index (Phi) is 7.21. The molecule has 3 aromatic carbocycles. The van der Waals surface area contributed by atoms with E-state index in [9.17, 15) is 4.79 Å². The molecule has 0 radical (unpaired) electrons. The van der Waals surface area contributed by atoms with Crippen LogP contribution in [0.2, 0.25) is 10.0 Å². The van der Waals surface area contributed by atoms with E-state index >= 15 is 0 Å². The average Bonchev–Trinajstić information content (AvgIpc) is 3.59. The first-order valence-corrected chi connectivity index (χ1v) is 14.6. The lowest BCUT2D eigenvalue weighted by Gasteiger charge is -2.28. The summed E-state index contributed by atoms with van der Waals surface area (Å²) in [6, 6.07) is 23.4. The second-order valence-electron chi connectivity index (χ2n) is 8.76. The number of halogens is 2. The summed E-state index contributed by atoms with van der Waals surface area (Å²) in [5, 5.41) is 13.5. The number of fused-ring (bicyclic) bond motifs is 1. The van der Waals surface area contributed by atoms with Crippen LogP contribution in [0.4, 0.5) is 0 Å². The zero-order valence-corrected chi connectivity index (χ0v) is 23.2. The van der Waals surface area contributed by atoms with Crippen LogP contribution in [0.5, 0.6) is 0 Å². The third-order valence-corrected chi connectivity index (χ3v) is 8.86. The van der Waals surface area contributed by atoms with E-state index in [0.717, 1.165) is 22.7 Å². The van der Waals surface area contributed by atoms with Gasteiger partial charge in [0.05, 0.1) is 16.5 Å². The summed E-state index contributed by atoms with van der Waals surface area (Å²) in [6.45, 7) is 1.31. The Balaban J connectivity index is 1.23. The summed E-state index contributed by atoms with van der Waals surface area (Å²) >= 11 is 15.8. The molecule has 0 fully saturated rings. The van der Waals surface area contributed by atoms with Crippen LogP contribution < -0.4 is 0 Å². The van der Waals surface area contributed by atoms with Gasteiger partial charge in [-0.2, -0.15) is 0 Å². The molecule has 0 aliphatic carbocycles. The molecule has 0 spiro atoms. The number of rotatable bonds is 6. The number of nitrogens with zero attached hydrogens (tertiary/aromatic N) is 5. The number of hydrogen-bond donors (Lipinski definition) is 0. The van der Waals surface area contributed by atoms with Gasteiger partial charge in [0.1, 0.15) is 10.7 Å². The Morgan fingerprint density at radius 2 is 1.79 bits per heavy atom. The summed E-state index contributed by atoms with van der Waals surface area (Å²) in [4.78, 5) is 19.7. The number of carbonyl (C=O) groups is 1. The van der Waals surface area contributed by atoms with E-state index in [1.54, 1.807) is 0 Å². The van der Waals surface area contributed by atoms with Crippen LogP contribution in [0.15, 0.2) is 83.3 Å². The van der Waals surface area contributed by atoms with Gasteiger partial charge in [-0.05, 0) is 47.9 Å². The molecule has 0 saturated heterocycles. The quantitative estimate of drug-likeness (QED) is 0.200. The smallest absolute Gasteiger partial charge is 0.273 e. The third-order valence-electron chi connectivity index (χ3n) is 6.33. The SMILES string of the molecule is O=C(c1csc(CSc2nnc(-c3ccccc3Cl)n2-c2cccc(Cl)c2)n1)N1CCc2ccccc2C1. The fourth-order valence-electron chi connectivity index (χ4n) is 4.46. The lowest BCUT2D eigenvalue weighted by molar-refractivity contribution is 0.0729. The Labute approximate surface area is 238 Å². The zero-order valence-electron chi connectivity index (χ0n) is 20.1. The van der Waals surface area contributed by atoms with Gasteiger partial charge in [0, 0.05) is 29.1 Å². The van der Waals surface area contributed by atoms with Crippen molar-refractivity contribution < 1.29 is 4.79 Å². The van der Waals surface area contributed by atoms with Crippen molar-refractivity contribution in [3.63, 3.8) is 0 Å². The van der Waals surface area contributed by atoms with Crippen molar-refractivity contribution in [1.29, 1.82) is 0 Å². The highest BCUT2D eigenvalue weighted by Crippen LogP contribution is 2.34. The molecule has 6 rings (SSSR count). The van der Waals surface area contributed by atoms with E-state index in [4.69, 9.17) is 23.2 Å². The Morgan fingerprint density at radius 1 is 0.974 bits per heavy atom. The summed E-state index contributed by atoms with van der Waals surface area (Å²) in [5.74, 6) is 1.14. The van der Waals surface area contributed by atoms with Gasteiger partial charge in [-0.1, -0.05) is 77.4 Å². The first-order chi connectivity index (χ1) is 18.6. The van der Waals surface area contributed by atoms with Gasteiger partial charge in [0.25, 0.3) is 5.91 Å². The number of benzene rings is 3. The lowest BCUT2D eigenvalue weighted by atomic mass is 10.00. The van der Waals surface area contributed by atoms with Crippen molar-refractivity contribution in [1.82, 2.24) is 24.6 Å². The minimum atomic E-state index is -0.0323. The largest absolute Gasteiger partial charge is 0.333 e. The van der Waals surface area contributed by atoms with Crippen molar-refractivity contribution in [3.05, 3.63) is 110 Å². The van der Waals surface area contributed by atoms with Crippen molar-refractivity contribution in [2.45, 2.75) is 23.9 Å². The van der Waals surface area contributed by atoms with Gasteiger partial charge < -0.3 is 4.90 Å². The van der Waals surface area contributed by atoms with Crippen molar-refractivity contribution >= 4 is 52.2 Å². The first kappa shape index (κ1) is 25.1.